The summed E-state index contributed by atoms with van der Waals surface area (Å²) in [5.74, 6) is 0. The van der Waals surface area contributed by atoms with Gasteiger partial charge in [0, 0.05) is 17.0 Å². The van der Waals surface area contributed by atoms with E-state index in [1.165, 1.54) is 10.0 Å². The first-order chi connectivity index (χ1) is 8.15. The quantitative estimate of drug-likeness (QED) is 0.806. The Morgan fingerprint density at radius 2 is 2.00 bits per heavy atom. The van der Waals surface area contributed by atoms with Crippen molar-refractivity contribution in [1.82, 2.24) is 5.32 Å². The van der Waals surface area contributed by atoms with Crippen LogP contribution in [-0.4, -0.2) is 19.3 Å². The topological polar surface area (TPSA) is 21.3 Å². The minimum Gasteiger partial charge on any atom is -0.376 e. The predicted molar refractivity (Wildman–Crippen MR) is 78.8 cm³/mol. The summed E-state index contributed by atoms with van der Waals surface area (Å²) in [6.07, 6.45) is 2.00. The third-order valence-electron chi connectivity index (χ3n) is 3.49. The minimum absolute atomic E-state index is 0.125. The Morgan fingerprint density at radius 1 is 1.35 bits per heavy atom. The van der Waals surface area contributed by atoms with Crippen molar-refractivity contribution in [3.63, 3.8) is 0 Å². The molecule has 98 valence electrons. The van der Waals surface area contributed by atoms with Gasteiger partial charge in [-0.3, -0.25) is 0 Å². The number of thiophene rings is 1. The van der Waals surface area contributed by atoms with Crippen molar-refractivity contribution in [3.05, 3.63) is 20.8 Å². The third-order valence-corrected chi connectivity index (χ3v) is 5.24. The molecule has 17 heavy (non-hydrogen) atoms. The van der Waals surface area contributed by atoms with Crippen molar-refractivity contribution in [1.29, 1.82) is 0 Å². The van der Waals surface area contributed by atoms with E-state index in [1.54, 1.807) is 11.3 Å². The van der Waals surface area contributed by atoms with E-state index >= 15 is 0 Å². The van der Waals surface area contributed by atoms with Crippen molar-refractivity contribution in [3.8, 4) is 0 Å². The van der Waals surface area contributed by atoms with E-state index in [4.69, 9.17) is 4.74 Å². The van der Waals surface area contributed by atoms with Gasteiger partial charge in [-0.05, 0) is 46.3 Å². The van der Waals surface area contributed by atoms with Crippen LogP contribution in [0.25, 0.3) is 0 Å². The van der Waals surface area contributed by atoms with Crippen LogP contribution in [0.15, 0.2) is 15.2 Å². The van der Waals surface area contributed by atoms with Crippen LogP contribution in [0, 0.1) is 0 Å². The van der Waals surface area contributed by atoms with E-state index in [0.717, 1.165) is 19.4 Å². The highest BCUT2D eigenvalue weighted by molar-refractivity contribution is 9.10. The molecule has 0 aliphatic rings. The number of halogens is 1. The van der Waals surface area contributed by atoms with Gasteiger partial charge in [0.1, 0.15) is 0 Å². The van der Waals surface area contributed by atoms with Crippen LogP contribution in [-0.2, 0) is 4.74 Å². The zero-order chi connectivity index (χ0) is 12.9. The number of nitrogens with one attached hydrogen (secondary N) is 1. The summed E-state index contributed by atoms with van der Waals surface area (Å²) in [6.45, 7) is 7.46. The molecule has 1 atom stereocenters. The Kier molecular flexibility index (Phi) is 6.13. The Hall–Kier alpha value is 0.1000. The molecule has 0 saturated heterocycles. The second-order valence-electron chi connectivity index (χ2n) is 4.14. The highest BCUT2D eigenvalue weighted by atomic mass is 79.9. The average Bonchev–Trinajstić information content (AvgIpc) is 2.77. The summed E-state index contributed by atoms with van der Waals surface area (Å²) in [5, 5.41) is 7.91. The highest BCUT2D eigenvalue weighted by Crippen LogP contribution is 2.39. The fraction of sp³-hybridized carbons (Fsp3) is 0.692. The number of ether oxygens (including phenoxy) is 1. The molecule has 0 amide bonds. The molecule has 1 heterocycles. The fourth-order valence-corrected chi connectivity index (χ4v) is 3.90. The standard InChI is InChI=1S/C13H22BrNOS/c1-5-13(6-2,16-4)12(15-7-3)10-8-17-9-11(10)14/h8-9,12,15H,5-7H2,1-4H3. The van der Waals surface area contributed by atoms with E-state index < -0.39 is 0 Å². The van der Waals surface area contributed by atoms with Crippen LogP contribution in [0.2, 0.25) is 0 Å². The van der Waals surface area contributed by atoms with Crippen LogP contribution in [0.3, 0.4) is 0 Å². The molecule has 0 bridgehead atoms. The number of rotatable bonds is 7. The zero-order valence-corrected chi connectivity index (χ0v) is 13.5. The Balaban J connectivity index is 3.11. The van der Waals surface area contributed by atoms with Crippen LogP contribution in [0.5, 0.6) is 0 Å². The second kappa shape index (κ2) is 6.88. The van der Waals surface area contributed by atoms with Gasteiger partial charge in [0.25, 0.3) is 0 Å². The SMILES string of the molecule is CCNC(c1cscc1Br)C(CC)(CC)OC. The first-order valence-corrected chi connectivity index (χ1v) is 7.88. The lowest BCUT2D eigenvalue weighted by atomic mass is 9.84. The summed E-state index contributed by atoms with van der Waals surface area (Å²) in [6, 6.07) is 0.244. The normalized spacial score (nSPS) is 13.9. The number of likely N-dealkylation sites (N-methyl/N-ethyl adjacent to an activating group) is 1. The van der Waals surface area contributed by atoms with Gasteiger partial charge >= 0.3 is 0 Å². The maximum atomic E-state index is 5.85. The highest BCUT2D eigenvalue weighted by Gasteiger charge is 2.37. The molecule has 1 aromatic rings. The van der Waals surface area contributed by atoms with Crippen LogP contribution < -0.4 is 5.32 Å². The molecule has 0 spiro atoms. The lowest BCUT2D eigenvalue weighted by Crippen LogP contribution is -2.44. The second-order valence-corrected chi connectivity index (χ2v) is 5.74. The van der Waals surface area contributed by atoms with E-state index in [-0.39, 0.29) is 11.6 Å². The fourth-order valence-electron chi connectivity index (χ4n) is 2.35. The molecule has 0 aliphatic heterocycles. The largest absolute Gasteiger partial charge is 0.376 e. The summed E-state index contributed by atoms with van der Waals surface area (Å²) in [7, 11) is 1.82. The van der Waals surface area contributed by atoms with Crippen molar-refractivity contribution >= 4 is 27.3 Å². The van der Waals surface area contributed by atoms with Crippen molar-refractivity contribution in [2.75, 3.05) is 13.7 Å². The van der Waals surface area contributed by atoms with Crippen molar-refractivity contribution in [2.45, 2.75) is 45.3 Å². The van der Waals surface area contributed by atoms with Gasteiger partial charge in [-0.15, -0.1) is 0 Å². The zero-order valence-electron chi connectivity index (χ0n) is 11.0. The monoisotopic (exact) mass is 319 g/mol. The molecular weight excluding hydrogens is 298 g/mol. The van der Waals surface area contributed by atoms with Gasteiger partial charge in [-0.1, -0.05) is 20.8 Å². The molecule has 1 N–H and O–H groups in total. The molecule has 0 saturated carbocycles. The summed E-state index contributed by atoms with van der Waals surface area (Å²) < 4.78 is 7.03. The molecule has 2 nitrogen and oxygen atoms in total. The Morgan fingerprint density at radius 3 is 2.35 bits per heavy atom. The van der Waals surface area contributed by atoms with E-state index in [9.17, 15) is 0 Å². The average molecular weight is 320 g/mol. The molecule has 1 aromatic heterocycles. The summed E-state index contributed by atoms with van der Waals surface area (Å²) in [5.41, 5.74) is 1.18. The molecule has 0 aromatic carbocycles. The lowest BCUT2D eigenvalue weighted by molar-refractivity contribution is -0.0483. The van der Waals surface area contributed by atoms with Crippen LogP contribution in [0.4, 0.5) is 0 Å². The van der Waals surface area contributed by atoms with Gasteiger partial charge in [0.05, 0.1) is 11.6 Å². The predicted octanol–water partition coefficient (Wildman–Crippen LogP) is 4.37. The van der Waals surface area contributed by atoms with Gasteiger partial charge < -0.3 is 10.1 Å². The molecular formula is C13H22BrNOS. The minimum atomic E-state index is -0.125. The maximum absolute atomic E-state index is 5.85. The molecule has 1 unspecified atom stereocenters. The molecule has 0 fully saturated rings. The summed E-state index contributed by atoms with van der Waals surface area (Å²) >= 11 is 5.36. The van der Waals surface area contributed by atoms with Gasteiger partial charge in [0.15, 0.2) is 0 Å². The van der Waals surface area contributed by atoms with Crippen LogP contribution in [0.1, 0.15) is 45.2 Å². The van der Waals surface area contributed by atoms with Gasteiger partial charge in [-0.2, -0.15) is 11.3 Å². The van der Waals surface area contributed by atoms with Crippen LogP contribution >= 0.6 is 27.3 Å². The van der Waals surface area contributed by atoms with Gasteiger partial charge in [-0.25, -0.2) is 0 Å². The first kappa shape index (κ1) is 15.2. The summed E-state index contributed by atoms with van der Waals surface area (Å²) in [4.78, 5) is 0. The van der Waals surface area contributed by atoms with Crippen molar-refractivity contribution < 1.29 is 4.74 Å². The van der Waals surface area contributed by atoms with E-state index in [0.29, 0.717) is 0 Å². The molecule has 1 rings (SSSR count). The number of hydrogen-bond acceptors (Lipinski definition) is 3. The Bertz CT molecular complexity index is 328. The number of hydrogen-bond donors (Lipinski definition) is 1. The smallest absolute Gasteiger partial charge is 0.0868 e. The lowest BCUT2D eigenvalue weighted by Gasteiger charge is -2.39. The molecule has 4 heteroatoms. The van der Waals surface area contributed by atoms with Crippen molar-refractivity contribution in [2.24, 2.45) is 0 Å². The first-order valence-electron chi connectivity index (χ1n) is 6.15. The van der Waals surface area contributed by atoms with Gasteiger partial charge in [0.2, 0.25) is 0 Å². The Labute approximate surface area is 117 Å². The maximum Gasteiger partial charge on any atom is 0.0868 e. The van der Waals surface area contributed by atoms with E-state index in [1.807, 2.05) is 7.11 Å². The third kappa shape index (κ3) is 3.11. The molecule has 0 aliphatic carbocycles. The molecule has 0 radical (unpaired) electrons. The van der Waals surface area contributed by atoms with E-state index in [2.05, 4.69) is 52.8 Å². The number of methoxy groups -OCH3 is 1.